The summed E-state index contributed by atoms with van der Waals surface area (Å²) in [5.74, 6) is 0.209. The molecule has 2 aliphatic heterocycles. The molecule has 2 saturated heterocycles. The summed E-state index contributed by atoms with van der Waals surface area (Å²) in [4.78, 5) is 13.6. The van der Waals surface area contributed by atoms with Crippen LogP contribution in [0.1, 0.15) is 39.0 Å². The largest absolute Gasteiger partial charge is 0.352 e. The zero-order valence-corrected chi connectivity index (χ0v) is 10.9. The van der Waals surface area contributed by atoms with Crippen LogP contribution in [0, 0.1) is 0 Å². The van der Waals surface area contributed by atoms with Crippen molar-refractivity contribution in [2.75, 3.05) is 26.2 Å². The molecule has 0 bridgehead atoms. The Morgan fingerprint density at radius 1 is 1.41 bits per heavy atom. The van der Waals surface area contributed by atoms with E-state index in [2.05, 4.69) is 22.5 Å². The Labute approximate surface area is 104 Å². The van der Waals surface area contributed by atoms with E-state index in [1.807, 2.05) is 0 Å². The Bertz CT molecular complexity index is 251. The highest BCUT2D eigenvalue weighted by atomic mass is 16.1. The third-order valence-corrected chi connectivity index (χ3v) is 3.78. The van der Waals surface area contributed by atoms with E-state index in [9.17, 15) is 4.79 Å². The molecule has 0 aromatic carbocycles. The molecule has 2 unspecified atom stereocenters. The van der Waals surface area contributed by atoms with E-state index in [0.717, 1.165) is 19.5 Å². The summed E-state index contributed by atoms with van der Waals surface area (Å²) in [7, 11) is 0. The Hall–Kier alpha value is -0.610. The van der Waals surface area contributed by atoms with Gasteiger partial charge in [0.15, 0.2) is 0 Å². The second kappa shape index (κ2) is 6.36. The average molecular weight is 239 g/mol. The van der Waals surface area contributed by atoms with Crippen LogP contribution in [0.4, 0.5) is 0 Å². The number of nitrogens with zero attached hydrogens (tertiary/aromatic N) is 1. The summed E-state index contributed by atoms with van der Waals surface area (Å²) in [6.45, 7) is 6.81. The number of rotatable bonds is 5. The Kier molecular flexibility index (Phi) is 4.80. The number of piperidine rings is 1. The molecule has 4 nitrogen and oxygen atoms in total. The van der Waals surface area contributed by atoms with Crippen molar-refractivity contribution in [3.63, 3.8) is 0 Å². The first-order valence-corrected chi connectivity index (χ1v) is 6.99. The molecule has 0 aliphatic carbocycles. The number of likely N-dealkylation sites (tertiary alicyclic amines) is 1. The number of hydrogen-bond donors (Lipinski definition) is 2. The van der Waals surface area contributed by atoms with Gasteiger partial charge in [-0.05, 0) is 39.3 Å². The maximum atomic E-state index is 11.1. The van der Waals surface area contributed by atoms with E-state index in [0.29, 0.717) is 18.5 Å². The fourth-order valence-corrected chi connectivity index (χ4v) is 2.77. The van der Waals surface area contributed by atoms with Crippen molar-refractivity contribution >= 4 is 5.91 Å². The number of hydrogen-bond acceptors (Lipinski definition) is 3. The smallest absolute Gasteiger partial charge is 0.220 e. The summed E-state index contributed by atoms with van der Waals surface area (Å²) < 4.78 is 0. The van der Waals surface area contributed by atoms with Gasteiger partial charge in [0.25, 0.3) is 0 Å². The third kappa shape index (κ3) is 4.28. The standard InChI is InChI=1S/C13H25N3O/c1-11(10-16-7-3-2-4-8-16)14-9-12-5-6-13(17)15-12/h11-12,14H,2-10H2,1H3,(H,15,17). The molecule has 2 aliphatic rings. The molecule has 4 heteroatoms. The molecular weight excluding hydrogens is 214 g/mol. The number of nitrogens with one attached hydrogen (secondary N) is 2. The molecule has 2 heterocycles. The molecule has 1 amide bonds. The summed E-state index contributed by atoms with van der Waals surface area (Å²) >= 11 is 0. The van der Waals surface area contributed by atoms with Gasteiger partial charge >= 0.3 is 0 Å². The molecule has 17 heavy (non-hydrogen) atoms. The molecule has 2 fully saturated rings. The molecule has 2 atom stereocenters. The molecule has 2 rings (SSSR count). The van der Waals surface area contributed by atoms with Crippen LogP contribution in [0.3, 0.4) is 0 Å². The van der Waals surface area contributed by atoms with Gasteiger partial charge in [0, 0.05) is 31.6 Å². The van der Waals surface area contributed by atoms with E-state index in [1.54, 1.807) is 0 Å². The molecule has 0 saturated carbocycles. The molecule has 0 spiro atoms. The van der Waals surface area contributed by atoms with Crippen molar-refractivity contribution in [3.05, 3.63) is 0 Å². The predicted molar refractivity (Wildman–Crippen MR) is 68.9 cm³/mol. The lowest BCUT2D eigenvalue weighted by Crippen LogP contribution is -2.45. The van der Waals surface area contributed by atoms with Gasteiger partial charge in [0.05, 0.1) is 0 Å². The van der Waals surface area contributed by atoms with Gasteiger partial charge in [-0.3, -0.25) is 4.79 Å². The SMILES string of the molecule is CC(CN1CCCCC1)NCC1CCC(=O)N1. The topological polar surface area (TPSA) is 44.4 Å². The van der Waals surface area contributed by atoms with Gasteiger partial charge in [0.2, 0.25) is 5.91 Å². The maximum Gasteiger partial charge on any atom is 0.220 e. The van der Waals surface area contributed by atoms with Crippen LogP contribution in [-0.4, -0.2) is 49.1 Å². The minimum absolute atomic E-state index is 0.209. The van der Waals surface area contributed by atoms with Crippen molar-refractivity contribution in [2.45, 2.75) is 51.1 Å². The fourth-order valence-electron chi connectivity index (χ4n) is 2.77. The summed E-state index contributed by atoms with van der Waals surface area (Å²) in [5.41, 5.74) is 0. The minimum Gasteiger partial charge on any atom is -0.352 e. The normalized spacial score (nSPS) is 28.1. The van der Waals surface area contributed by atoms with Gasteiger partial charge in [-0.2, -0.15) is 0 Å². The van der Waals surface area contributed by atoms with Gasteiger partial charge in [-0.1, -0.05) is 6.42 Å². The van der Waals surface area contributed by atoms with Crippen LogP contribution in [0.25, 0.3) is 0 Å². The van der Waals surface area contributed by atoms with Crippen molar-refractivity contribution in [1.29, 1.82) is 0 Å². The first-order chi connectivity index (χ1) is 8.24. The molecule has 0 aromatic heterocycles. The number of carbonyl (C=O) groups excluding carboxylic acids is 1. The fraction of sp³-hybridized carbons (Fsp3) is 0.923. The van der Waals surface area contributed by atoms with Crippen molar-refractivity contribution in [2.24, 2.45) is 0 Å². The molecule has 0 aromatic rings. The lowest BCUT2D eigenvalue weighted by molar-refractivity contribution is -0.119. The van der Waals surface area contributed by atoms with Gasteiger partial charge in [-0.25, -0.2) is 0 Å². The lowest BCUT2D eigenvalue weighted by Gasteiger charge is -2.29. The van der Waals surface area contributed by atoms with Gasteiger partial charge in [0.1, 0.15) is 0 Å². The van der Waals surface area contributed by atoms with Crippen LogP contribution < -0.4 is 10.6 Å². The highest BCUT2D eigenvalue weighted by Crippen LogP contribution is 2.09. The van der Waals surface area contributed by atoms with E-state index < -0.39 is 0 Å². The minimum atomic E-state index is 0.209. The molecule has 2 N–H and O–H groups in total. The number of amides is 1. The summed E-state index contributed by atoms with van der Waals surface area (Å²) in [6.07, 6.45) is 5.79. The zero-order chi connectivity index (χ0) is 12.1. The van der Waals surface area contributed by atoms with E-state index >= 15 is 0 Å². The highest BCUT2D eigenvalue weighted by Gasteiger charge is 2.21. The third-order valence-electron chi connectivity index (χ3n) is 3.78. The van der Waals surface area contributed by atoms with Crippen LogP contribution >= 0.6 is 0 Å². The Morgan fingerprint density at radius 3 is 2.82 bits per heavy atom. The lowest BCUT2D eigenvalue weighted by atomic mass is 10.1. The zero-order valence-electron chi connectivity index (χ0n) is 10.9. The summed E-state index contributed by atoms with van der Waals surface area (Å²) in [6, 6.07) is 0.872. The van der Waals surface area contributed by atoms with Crippen LogP contribution in [0.15, 0.2) is 0 Å². The first-order valence-electron chi connectivity index (χ1n) is 6.99. The molecule has 0 radical (unpaired) electrons. The highest BCUT2D eigenvalue weighted by molar-refractivity contribution is 5.78. The molecular formula is C13H25N3O. The average Bonchev–Trinajstić information content (AvgIpc) is 2.74. The van der Waals surface area contributed by atoms with Gasteiger partial charge < -0.3 is 15.5 Å². The summed E-state index contributed by atoms with van der Waals surface area (Å²) in [5, 5.41) is 6.53. The van der Waals surface area contributed by atoms with Crippen LogP contribution in [0.2, 0.25) is 0 Å². The van der Waals surface area contributed by atoms with E-state index in [-0.39, 0.29) is 5.91 Å². The van der Waals surface area contributed by atoms with Crippen LogP contribution in [0.5, 0.6) is 0 Å². The quantitative estimate of drug-likeness (QED) is 0.743. The van der Waals surface area contributed by atoms with E-state index in [4.69, 9.17) is 0 Å². The van der Waals surface area contributed by atoms with Crippen molar-refractivity contribution in [1.82, 2.24) is 15.5 Å². The first kappa shape index (κ1) is 12.8. The van der Waals surface area contributed by atoms with E-state index in [1.165, 1.54) is 32.4 Å². The molecule has 98 valence electrons. The number of carbonyl (C=O) groups is 1. The van der Waals surface area contributed by atoms with Crippen LogP contribution in [-0.2, 0) is 4.79 Å². The predicted octanol–water partition coefficient (Wildman–Crippen LogP) is 0.729. The Morgan fingerprint density at radius 2 is 2.18 bits per heavy atom. The monoisotopic (exact) mass is 239 g/mol. The van der Waals surface area contributed by atoms with Crippen molar-refractivity contribution in [3.8, 4) is 0 Å². The van der Waals surface area contributed by atoms with Gasteiger partial charge in [-0.15, -0.1) is 0 Å². The second-order valence-electron chi connectivity index (χ2n) is 5.47. The second-order valence-corrected chi connectivity index (χ2v) is 5.47. The van der Waals surface area contributed by atoms with Crippen molar-refractivity contribution < 1.29 is 4.79 Å². The maximum absolute atomic E-state index is 11.1. The Balaban J connectivity index is 1.60.